The van der Waals surface area contributed by atoms with Crippen LogP contribution in [0.1, 0.15) is 24.4 Å². The van der Waals surface area contributed by atoms with Crippen LogP contribution < -0.4 is 14.8 Å². The Balaban J connectivity index is 2.24. The Hall–Kier alpha value is -0.870. The standard InChI is InChI=1S/C14H21NO2S/c1-15-14(13-5-4-8-18-13)10-6-7-11(16-2)12(9-10)17-3/h6-7,9,13-15H,4-5,8H2,1-3H3. The van der Waals surface area contributed by atoms with Crippen molar-refractivity contribution in [3.8, 4) is 11.5 Å². The van der Waals surface area contributed by atoms with Gasteiger partial charge in [0.2, 0.25) is 0 Å². The Bertz CT molecular complexity index is 391. The molecule has 1 aromatic carbocycles. The summed E-state index contributed by atoms with van der Waals surface area (Å²) in [4.78, 5) is 0. The number of benzene rings is 1. The molecule has 0 aliphatic carbocycles. The minimum Gasteiger partial charge on any atom is -0.493 e. The Kier molecular flexibility index (Phi) is 4.78. The minimum atomic E-state index is 0.386. The maximum absolute atomic E-state index is 5.37. The molecular formula is C14H21NO2S. The number of hydrogen-bond donors (Lipinski definition) is 1. The van der Waals surface area contributed by atoms with E-state index in [1.165, 1.54) is 24.2 Å². The molecule has 1 N–H and O–H groups in total. The van der Waals surface area contributed by atoms with Gasteiger partial charge in [0, 0.05) is 11.3 Å². The predicted molar refractivity (Wildman–Crippen MR) is 76.8 cm³/mol. The molecule has 1 fully saturated rings. The van der Waals surface area contributed by atoms with E-state index in [0.717, 1.165) is 11.5 Å². The normalized spacial score (nSPS) is 20.7. The highest BCUT2D eigenvalue weighted by Gasteiger charge is 2.26. The smallest absolute Gasteiger partial charge is 0.161 e. The summed E-state index contributed by atoms with van der Waals surface area (Å²) in [7, 11) is 5.38. The van der Waals surface area contributed by atoms with Crippen LogP contribution in [0.5, 0.6) is 11.5 Å². The molecular weight excluding hydrogens is 246 g/mol. The maximum atomic E-state index is 5.37. The molecule has 0 saturated carbocycles. The molecule has 3 nitrogen and oxygen atoms in total. The van der Waals surface area contributed by atoms with Gasteiger partial charge in [0.1, 0.15) is 0 Å². The van der Waals surface area contributed by atoms with Gasteiger partial charge in [-0.2, -0.15) is 11.8 Å². The van der Waals surface area contributed by atoms with Gasteiger partial charge in [0.05, 0.1) is 14.2 Å². The summed E-state index contributed by atoms with van der Waals surface area (Å²) in [6.07, 6.45) is 2.60. The van der Waals surface area contributed by atoms with E-state index < -0.39 is 0 Å². The predicted octanol–water partition coefficient (Wildman–Crippen LogP) is 2.86. The molecule has 1 aliphatic rings. The molecule has 1 aliphatic heterocycles. The van der Waals surface area contributed by atoms with Crippen molar-refractivity contribution in [3.63, 3.8) is 0 Å². The van der Waals surface area contributed by atoms with Crippen LogP contribution in [0.25, 0.3) is 0 Å². The molecule has 2 unspecified atom stereocenters. The largest absolute Gasteiger partial charge is 0.493 e. The Morgan fingerprint density at radius 3 is 2.61 bits per heavy atom. The molecule has 1 heterocycles. The fraction of sp³-hybridized carbons (Fsp3) is 0.571. The minimum absolute atomic E-state index is 0.386. The van der Waals surface area contributed by atoms with Crippen molar-refractivity contribution >= 4 is 11.8 Å². The summed E-state index contributed by atoms with van der Waals surface area (Å²) in [5, 5.41) is 4.09. The van der Waals surface area contributed by atoms with Gasteiger partial charge < -0.3 is 14.8 Å². The lowest BCUT2D eigenvalue weighted by Crippen LogP contribution is -2.25. The van der Waals surface area contributed by atoms with E-state index in [-0.39, 0.29) is 0 Å². The molecule has 1 aromatic rings. The van der Waals surface area contributed by atoms with Gasteiger partial charge in [-0.05, 0) is 43.3 Å². The molecule has 0 bridgehead atoms. The summed E-state index contributed by atoms with van der Waals surface area (Å²) in [5.41, 5.74) is 1.27. The zero-order valence-corrected chi connectivity index (χ0v) is 12.0. The van der Waals surface area contributed by atoms with Crippen LogP contribution in [0.3, 0.4) is 0 Å². The lowest BCUT2D eigenvalue weighted by atomic mass is 10.0. The summed E-state index contributed by atoms with van der Waals surface area (Å²) in [6.45, 7) is 0. The first-order valence-corrected chi connectivity index (χ1v) is 7.35. The first kappa shape index (κ1) is 13.6. The summed E-state index contributed by atoms with van der Waals surface area (Å²) in [5.74, 6) is 2.87. The van der Waals surface area contributed by atoms with Crippen LogP contribution in [0.15, 0.2) is 18.2 Å². The average Bonchev–Trinajstić information content (AvgIpc) is 2.93. The molecule has 0 aromatic heterocycles. The van der Waals surface area contributed by atoms with Gasteiger partial charge in [0.25, 0.3) is 0 Å². The first-order valence-electron chi connectivity index (χ1n) is 6.31. The third kappa shape index (κ3) is 2.75. The lowest BCUT2D eigenvalue weighted by molar-refractivity contribution is 0.354. The van der Waals surface area contributed by atoms with Crippen LogP contribution in [-0.4, -0.2) is 32.3 Å². The third-order valence-electron chi connectivity index (χ3n) is 3.41. The van der Waals surface area contributed by atoms with Gasteiger partial charge in [-0.15, -0.1) is 0 Å². The highest BCUT2D eigenvalue weighted by atomic mass is 32.2. The van der Waals surface area contributed by atoms with E-state index >= 15 is 0 Å². The van der Waals surface area contributed by atoms with Gasteiger partial charge >= 0.3 is 0 Å². The highest BCUT2D eigenvalue weighted by molar-refractivity contribution is 8.00. The molecule has 2 rings (SSSR count). The molecule has 18 heavy (non-hydrogen) atoms. The topological polar surface area (TPSA) is 30.5 Å². The quantitative estimate of drug-likeness (QED) is 0.888. The van der Waals surface area contributed by atoms with E-state index in [9.17, 15) is 0 Å². The van der Waals surface area contributed by atoms with Crippen LogP contribution >= 0.6 is 11.8 Å². The number of ether oxygens (including phenoxy) is 2. The Morgan fingerprint density at radius 2 is 2.06 bits per heavy atom. The van der Waals surface area contributed by atoms with Crippen molar-refractivity contribution < 1.29 is 9.47 Å². The second kappa shape index (κ2) is 6.34. The summed E-state index contributed by atoms with van der Waals surface area (Å²) >= 11 is 2.06. The zero-order chi connectivity index (χ0) is 13.0. The van der Waals surface area contributed by atoms with Crippen LogP contribution in [-0.2, 0) is 0 Å². The lowest BCUT2D eigenvalue weighted by Gasteiger charge is -2.23. The molecule has 1 saturated heterocycles. The van der Waals surface area contributed by atoms with Crippen LogP contribution in [0.4, 0.5) is 0 Å². The number of rotatable bonds is 5. The number of methoxy groups -OCH3 is 2. The van der Waals surface area contributed by atoms with Crippen molar-refractivity contribution in [2.45, 2.75) is 24.1 Å². The van der Waals surface area contributed by atoms with Gasteiger partial charge in [-0.3, -0.25) is 0 Å². The van der Waals surface area contributed by atoms with Gasteiger partial charge in [-0.25, -0.2) is 0 Å². The van der Waals surface area contributed by atoms with Crippen molar-refractivity contribution in [2.75, 3.05) is 27.0 Å². The summed E-state index contributed by atoms with van der Waals surface area (Å²) < 4.78 is 10.7. The fourth-order valence-corrected chi connectivity index (χ4v) is 3.93. The average molecular weight is 267 g/mol. The van der Waals surface area contributed by atoms with Crippen molar-refractivity contribution in [2.24, 2.45) is 0 Å². The molecule has 0 spiro atoms. The summed E-state index contributed by atoms with van der Waals surface area (Å²) in [6, 6.07) is 6.58. The molecule has 100 valence electrons. The van der Waals surface area contributed by atoms with E-state index in [2.05, 4.69) is 29.2 Å². The second-order valence-electron chi connectivity index (χ2n) is 4.43. The van der Waals surface area contributed by atoms with Crippen molar-refractivity contribution in [1.29, 1.82) is 0 Å². The van der Waals surface area contributed by atoms with E-state index in [4.69, 9.17) is 9.47 Å². The number of nitrogens with one attached hydrogen (secondary N) is 1. The molecule has 2 atom stereocenters. The van der Waals surface area contributed by atoms with Crippen molar-refractivity contribution in [3.05, 3.63) is 23.8 Å². The Labute approximate surface area is 113 Å². The fourth-order valence-electron chi connectivity index (χ4n) is 2.48. The molecule has 4 heteroatoms. The van der Waals surface area contributed by atoms with Crippen LogP contribution in [0, 0.1) is 0 Å². The third-order valence-corrected chi connectivity index (χ3v) is 4.87. The van der Waals surface area contributed by atoms with E-state index in [0.29, 0.717) is 11.3 Å². The van der Waals surface area contributed by atoms with Crippen molar-refractivity contribution in [1.82, 2.24) is 5.32 Å². The Morgan fingerprint density at radius 1 is 1.28 bits per heavy atom. The van der Waals surface area contributed by atoms with E-state index in [1.807, 2.05) is 13.1 Å². The molecule has 0 radical (unpaired) electrons. The maximum Gasteiger partial charge on any atom is 0.161 e. The number of thioether (sulfide) groups is 1. The first-order chi connectivity index (χ1) is 8.80. The molecule has 0 amide bonds. The van der Waals surface area contributed by atoms with Gasteiger partial charge in [-0.1, -0.05) is 6.07 Å². The number of hydrogen-bond acceptors (Lipinski definition) is 4. The SMILES string of the molecule is CNC(c1ccc(OC)c(OC)c1)C1CCCS1. The zero-order valence-electron chi connectivity index (χ0n) is 11.2. The van der Waals surface area contributed by atoms with E-state index in [1.54, 1.807) is 14.2 Å². The van der Waals surface area contributed by atoms with Gasteiger partial charge in [0.15, 0.2) is 11.5 Å². The van der Waals surface area contributed by atoms with Crippen LogP contribution in [0.2, 0.25) is 0 Å². The highest BCUT2D eigenvalue weighted by Crippen LogP contribution is 2.38. The second-order valence-corrected chi connectivity index (χ2v) is 5.78. The monoisotopic (exact) mass is 267 g/mol.